The maximum atomic E-state index is 10.1. The van der Waals surface area contributed by atoms with Gasteiger partial charge in [0.1, 0.15) is 6.07 Å². The van der Waals surface area contributed by atoms with Gasteiger partial charge >= 0.3 is 0 Å². The molecule has 29 heavy (non-hydrogen) atoms. The monoisotopic (exact) mass is 376 g/mol. The third kappa shape index (κ3) is 2.80. The van der Waals surface area contributed by atoms with E-state index >= 15 is 0 Å². The lowest BCUT2D eigenvalue weighted by Gasteiger charge is -2.45. The van der Waals surface area contributed by atoms with Crippen LogP contribution in [-0.4, -0.2) is 0 Å². The zero-order valence-electron chi connectivity index (χ0n) is 15.9. The summed E-state index contributed by atoms with van der Waals surface area (Å²) < 4.78 is 0. The average Bonchev–Trinajstić information content (AvgIpc) is 2.79. The lowest BCUT2D eigenvalue weighted by atomic mass is 9.55. The lowest BCUT2D eigenvalue weighted by Crippen LogP contribution is -2.43. The van der Waals surface area contributed by atoms with Crippen LogP contribution < -0.4 is 5.73 Å². The topological polar surface area (TPSA) is 97.4 Å². The highest BCUT2D eigenvalue weighted by Gasteiger charge is 2.54. The molecule has 0 aromatic heterocycles. The van der Waals surface area contributed by atoms with Crippen molar-refractivity contribution in [3.63, 3.8) is 0 Å². The van der Waals surface area contributed by atoms with Gasteiger partial charge in [-0.15, -0.1) is 0 Å². The second kappa shape index (κ2) is 7.31. The Morgan fingerprint density at radius 1 is 0.862 bits per heavy atom. The van der Waals surface area contributed by atoms with E-state index in [1.54, 1.807) is 0 Å². The summed E-state index contributed by atoms with van der Waals surface area (Å²) in [5.74, 6) is -0.281. The van der Waals surface area contributed by atoms with Crippen molar-refractivity contribution in [2.24, 2.45) is 17.1 Å². The molecule has 0 saturated heterocycles. The Balaban J connectivity index is 1.93. The van der Waals surface area contributed by atoms with Crippen LogP contribution in [0.25, 0.3) is 0 Å². The van der Waals surface area contributed by atoms with Crippen LogP contribution in [0.4, 0.5) is 0 Å². The number of rotatable bonds is 2. The van der Waals surface area contributed by atoms with Crippen molar-refractivity contribution in [3.05, 3.63) is 94.7 Å². The van der Waals surface area contributed by atoms with E-state index in [2.05, 4.69) is 36.4 Å². The van der Waals surface area contributed by atoms with Crippen molar-refractivity contribution in [1.82, 2.24) is 0 Å². The van der Waals surface area contributed by atoms with Gasteiger partial charge in [-0.1, -0.05) is 66.7 Å². The normalized spacial score (nSPS) is 25.0. The van der Waals surface area contributed by atoms with Crippen LogP contribution in [0.2, 0.25) is 0 Å². The second-order valence-corrected chi connectivity index (χ2v) is 7.67. The van der Waals surface area contributed by atoms with Crippen molar-refractivity contribution in [2.75, 3.05) is 0 Å². The summed E-state index contributed by atoms with van der Waals surface area (Å²) in [5.41, 5.74) is 8.18. The summed E-state index contributed by atoms with van der Waals surface area (Å²) in [7, 11) is 0. The number of allylic oxidation sites excluding steroid dienone is 4. The Labute approximate surface area is 170 Å². The summed E-state index contributed by atoms with van der Waals surface area (Å²) in [6.45, 7) is 0. The van der Waals surface area contributed by atoms with Gasteiger partial charge in [-0.05, 0) is 41.4 Å². The van der Waals surface area contributed by atoms with Gasteiger partial charge in [0.25, 0.3) is 0 Å². The standard InChI is InChI=1S/C25H20N4/c26-14-22-20-12-11-19(17-7-3-1-4-8-17)13-21(20)23(18-9-5-2-6-10-18)25(15-27,16-28)24(22)29/h1-10,12,19,21,23H,11,13,29H2/t19-,21-,23+/m0/s1. The maximum absolute atomic E-state index is 10.1. The molecule has 0 aliphatic heterocycles. The third-order valence-electron chi connectivity index (χ3n) is 6.31. The number of hydrogen-bond donors (Lipinski definition) is 1. The predicted octanol–water partition coefficient (Wildman–Crippen LogP) is 4.67. The number of benzene rings is 2. The average molecular weight is 376 g/mol. The minimum atomic E-state index is -1.56. The first-order chi connectivity index (χ1) is 14.2. The summed E-state index contributed by atoms with van der Waals surface area (Å²) in [6, 6.07) is 26.5. The molecule has 3 atom stereocenters. The van der Waals surface area contributed by atoms with Crippen LogP contribution in [0.5, 0.6) is 0 Å². The van der Waals surface area contributed by atoms with Crippen molar-refractivity contribution in [1.29, 1.82) is 15.8 Å². The fraction of sp³-hybridized carbons (Fsp3) is 0.240. The Bertz CT molecular complexity index is 1090. The number of nitriles is 3. The van der Waals surface area contributed by atoms with Gasteiger partial charge in [0, 0.05) is 5.92 Å². The third-order valence-corrected chi connectivity index (χ3v) is 6.31. The Morgan fingerprint density at radius 2 is 1.45 bits per heavy atom. The molecule has 4 rings (SSSR count). The fourth-order valence-corrected chi connectivity index (χ4v) is 4.92. The van der Waals surface area contributed by atoms with E-state index in [1.807, 2.05) is 48.5 Å². The van der Waals surface area contributed by atoms with E-state index < -0.39 is 11.3 Å². The molecule has 2 aromatic rings. The second-order valence-electron chi connectivity index (χ2n) is 7.67. The van der Waals surface area contributed by atoms with E-state index in [9.17, 15) is 15.8 Å². The smallest absolute Gasteiger partial charge is 0.191 e. The Kier molecular flexibility index (Phi) is 4.67. The van der Waals surface area contributed by atoms with E-state index in [-0.39, 0.29) is 17.5 Å². The maximum Gasteiger partial charge on any atom is 0.191 e. The highest BCUT2D eigenvalue weighted by atomic mass is 14.7. The lowest BCUT2D eigenvalue weighted by molar-refractivity contribution is 0.303. The molecule has 0 radical (unpaired) electrons. The van der Waals surface area contributed by atoms with Crippen molar-refractivity contribution in [2.45, 2.75) is 24.7 Å². The van der Waals surface area contributed by atoms with E-state index in [4.69, 9.17) is 5.73 Å². The molecule has 0 unspecified atom stereocenters. The SMILES string of the molecule is N#CC1=C(N)C(C#N)(C#N)[C@H](c2ccccc2)[C@H]2C[C@@H](c3ccccc3)CC=C12. The molecular formula is C25H20N4. The Hall–Kier alpha value is -3.81. The first-order valence-corrected chi connectivity index (χ1v) is 9.69. The molecular weight excluding hydrogens is 356 g/mol. The molecule has 0 spiro atoms. The summed E-state index contributed by atoms with van der Waals surface area (Å²) in [4.78, 5) is 0. The van der Waals surface area contributed by atoms with Crippen LogP contribution in [0.15, 0.2) is 83.6 Å². The van der Waals surface area contributed by atoms with Gasteiger partial charge in [0.2, 0.25) is 0 Å². The predicted molar refractivity (Wildman–Crippen MR) is 110 cm³/mol. The number of nitrogens with two attached hydrogens (primary N) is 1. The van der Waals surface area contributed by atoms with Crippen LogP contribution >= 0.6 is 0 Å². The first kappa shape index (κ1) is 18.5. The molecule has 4 nitrogen and oxygen atoms in total. The van der Waals surface area contributed by atoms with Crippen LogP contribution in [0.3, 0.4) is 0 Å². The van der Waals surface area contributed by atoms with E-state index in [0.29, 0.717) is 5.57 Å². The highest BCUT2D eigenvalue weighted by Crippen LogP contribution is 2.57. The Morgan fingerprint density at radius 3 is 2.00 bits per heavy atom. The molecule has 2 aromatic carbocycles. The zero-order valence-corrected chi connectivity index (χ0v) is 15.9. The number of fused-ring (bicyclic) bond motifs is 1. The van der Waals surface area contributed by atoms with Crippen LogP contribution in [-0.2, 0) is 0 Å². The van der Waals surface area contributed by atoms with Crippen LogP contribution in [0.1, 0.15) is 35.8 Å². The van der Waals surface area contributed by atoms with Gasteiger partial charge < -0.3 is 5.73 Å². The van der Waals surface area contributed by atoms with Crippen molar-refractivity contribution in [3.8, 4) is 18.2 Å². The largest absolute Gasteiger partial charge is 0.399 e. The zero-order chi connectivity index (χ0) is 20.4. The molecule has 2 aliphatic rings. The van der Waals surface area contributed by atoms with Gasteiger partial charge in [-0.3, -0.25) is 0 Å². The molecule has 0 amide bonds. The molecule has 0 saturated carbocycles. The van der Waals surface area contributed by atoms with Gasteiger partial charge in [-0.2, -0.15) is 15.8 Å². The minimum absolute atomic E-state index is 0.0829. The van der Waals surface area contributed by atoms with Gasteiger partial charge in [-0.25, -0.2) is 0 Å². The van der Waals surface area contributed by atoms with Crippen molar-refractivity contribution < 1.29 is 0 Å². The molecule has 4 heteroatoms. The molecule has 0 fully saturated rings. The summed E-state index contributed by atoms with van der Waals surface area (Å²) >= 11 is 0. The van der Waals surface area contributed by atoms with E-state index in [1.165, 1.54) is 5.56 Å². The summed E-state index contributed by atoms with van der Waals surface area (Å²) in [5, 5.41) is 30.0. The summed E-state index contributed by atoms with van der Waals surface area (Å²) in [6.07, 6.45) is 3.66. The van der Waals surface area contributed by atoms with Crippen LogP contribution in [0, 0.1) is 45.3 Å². The van der Waals surface area contributed by atoms with Gasteiger partial charge in [0.05, 0.1) is 23.4 Å². The quantitative estimate of drug-likeness (QED) is 0.823. The fourth-order valence-electron chi connectivity index (χ4n) is 4.92. The number of hydrogen-bond acceptors (Lipinski definition) is 4. The highest BCUT2D eigenvalue weighted by molar-refractivity contribution is 5.59. The van der Waals surface area contributed by atoms with Gasteiger partial charge in [0.15, 0.2) is 5.41 Å². The molecule has 140 valence electrons. The first-order valence-electron chi connectivity index (χ1n) is 9.69. The number of nitrogens with zero attached hydrogens (tertiary/aromatic N) is 3. The molecule has 0 heterocycles. The van der Waals surface area contributed by atoms with E-state index in [0.717, 1.165) is 24.0 Å². The molecule has 2 N–H and O–H groups in total. The molecule has 2 aliphatic carbocycles. The minimum Gasteiger partial charge on any atom is -0.399 e. The molecule has 0 bridgehead atoms. The van der Waals surface area contributed by atoms with Crippen molar-refractivity contribution >= 4 is 0 Å².